The van der Waals surface area contributed by atoms with Crippen LogP contribution in [0.5, 0.6) is 0 Å². The van der Waals surface area contributed by atoms with E-state index in [0.717, 1.165) is 31.8 Å². The Morgan fingerprint density at radius 3 is 1.44 bits per heavy atom. The van der Waals surface area contributed by atoms with Crippen molar-refractivity contribution in [1.82, 2.24) is 0 Å². The average Bonchev–Trinajstić information content (AvgIpc) is 2.87. The number of hydrogen-bond acceptors (Lipinski definition) is 2. The monoisotopic (exact) mass is 512 g/mol. The molecule has 0 amide bonds. The molecule has 0 heterocycles. The van der Waals surface area contributed by atoms with Gasteiger partial charge in [0.15, 0.2) is 0 Å². The fraction of sp³-hybridized carbons (Fsp3) is 0.321. The number of unbranched alkanes of at least 4 members (excludes halogenated alkanes) is 5. The summed E-state index contributed by atoms with van der Waals surface area (Å²) in [5, 5.41) is 1.37. The Morgan fingerprint density at radius 1 is 0.656 bits per heavy atom. The van der Waals surface area contributed by atoms with E-state index in [2.05, 4.69) is 106 Å². The first kappa shape index (κ1) is 24.7. The van der Waals surface area contributed by atoms with Gasteiger partial charge in [-0.05, 0) is 0 Å². The van der Waals surface area contributed by atoms with Crippen LogP contribution in [-0.2, 0) is 9.53 Å². The van der Waals surface area contributed by atoms with Crippen molar-refractivity contribution in [3.05, 3.63) is 91.0 Å². The molecule has 0 aliphatic rings. The van der Waals surface area contributed by atoms with Crippen molar-refractivity contribution in [3.8, 4) is 0 Å². The van der Waals surface area contributed by atoms with Crippen molar-refractivity contribution in [1.29, 1.82) is 0 Å². The van der Waals surface area contributed by atoms with Crippen LogP contribution in [0.3, 0.4) is 0 Å². The van der Waals surface area contributed by atoms with E-state index in [1.165, 1.54) is 35.9 Å². The summed E-state index contributed by atoms with van der Waals surface area (Å²) in [6.45, 7) is 0. The van der Waals surface area contributed by atoms with Gasteiger partial charge in [0.2, 0.25) is 0 Å². The van der Waals surface area contributed by atoms with E-state index in [1.54, 1.807) is 0 Å². The van der Waals surface area contributed by atoms with Crippen LogP contribution >= 0.6 is 20.8 Å². The molecule has 0 bridgehead atoms. The fourth-order valence-electron chi connectivity index (χ4n) is 4.54. The number of methoxy groups -OCH3 is 1. The van der Waals surface area contributed by atoms with Gasteiger partial charge in [0, 0.05) is 0 Å². The second-order valence-corrected chi connectivity index (χ2v) is 17.4. The number of hydrogen-bond donors (Lipinski definition) is 0. The molecular formula is C28H34BrO2P. The van der Waals surface area contributed by atoms with E-state index in [9.17, 15) is 4.79 Å². The van der Waals surface area contributed by atoms with Crippen molar-refractivity contribution in [2.45, 2.75) is 44.9 Å². The molecule has 3 aromatic rings. The predicted molar refractivity (Wildman–Crippen MR) is 143 cm³/mol. The molecule has 2 nitrogen and oxygen atoms in total. The maximum atomic E-state index is 11.3. The number of halogens is 1. The fourth-order valence-corrected chi connectivity index (χ4v) is 12.3. The zero-order valence-corrected chi connectivity index (χ0v) is 21.4. The first-order chi connectivity index (χ1) is 15.6. The van der Waals surface area contributed by atoms with E-state index in [0.29, 0.717) is 6.42 Å². The molecule has 3 aromatic carbocycles. The van der Waals surface area contributed by atoms with E-state index in [1.807, 2.05) is 0 Å². The minimum absolute atomic E-state index is 0.102. The molecule has 0 fully saturated rings. The molecule has 0 aliphatic heterocycles. The number of rotatable bonds is 12. The number of ether oxygens (including phenoxy) is 1. The summed E-state index contributed by atoms with van der Waals surface area (Å²) in [5.74, 6) is -0.102. The number of carbonyl (C=O) groups excluding carboxylic acids is 1. The van der Waals surface area contributed by atoms with Gasteiger partial charge in [0.05, 0.1) is 0 Å². The zero-order valence-electron chi connectivity index (χ0n) is 19.0. The molecule has 0 aliphatic carbocycles. The zero-order chi connectivity index (χ0) is 22.7. The summed E-state index contributed by atoms with van der Waals surface area (Å²) in [7, 11) is 1.46. The van der Waals surface area contributed by atoms with E-state index in [4.69, 9.17) is 4.74 Å². The SMILES string of the molecule is COC(=O)CCCCCCCCP(Br)(c1ccccc1)(c1ccccc1)c1ccccc1. The Balaban J connectivity index is 1.82. The van der Waals surface area contributed by atoms with Crippen LogP contribution in [0.2, 0.25) is 0 Å². The van der Waals surface area contributed by atoms with Crippen molar-refractivity contribution in [3.63, 3.8) is 0 Å². The third kappa shape index (κ3) is 5.50. The van der Waals surface area contributed by atoms with Crippen molar-refractivity contribution in [2.75, 3.05) is 13.3 Å². The Bertz CT molecular complexity index is 861. The van der Waals surface area contributed by atoms with Crippen LogP contribution in [0.15, 0.2) is 91.0 Å². The normalized spacial score (nSPS) is 12.6. The molecule has 0 aromatic heterocycles. The molecule has 0 N–H and O–H groups in total. The summed E-state index contributed by atoms with van der Waals surface area (Å²) in [5.41, 5.74) is 0. The average molecular weight is 513 g/mol. The van der Waals surface area contributed by atoms with Gasteiger partial charge >= 0.3 is 201 Å². The van der Waals surface area contributed by atoms with Gasteiger partial charge in [-0.25, -0.2) is 0 Å². The molecule has 0 unspecified atom stereocenters. The molecule has 3 rings (SSSR count). The summed E-state index contributed by atoms with van der Waals surface area (Å²) in [6, 6.07) is 33.0. The first-order valence-electron chi connectivity index (χ1n) is 11.6. The Hall–Kier alpha value is -1.96. The molecule has 32 heavy (non-hydrogen) atoms. The Kier molecular flexibility index (Phi) is 9.08. The Labute approximate surface area is 201 Å². The quantitative estimate of drug-likeness (QED) is 0.153. The topological polar surface area (TPSA) is 26.3 Å². The molecule has 0 saturated heterocycles. The minimum atomic E-state index is -2.78. The molecule has 4 heteroatoms. The van der Waals surface area contributed by atoms with Gasteiger partial charge in [0.25, 0.3) is 0 Å². The molecule has 0 spiro atoms. The van der Waals surface area contributed by atoms with Gasteiger partial charge in [-0.1, -0.05) is 0 Å². The van der Waals surface area contributed by atoms with E-state index < -0.39 is 5.31 Å². The van der Waals surface area contributed by atoms with Crippen molar-refractivity contribution >= 4 is 42.7 Å². The van der Waals surface area contributed by atoms with E-state index >= 15 is 0 Å². The summed E-state index contributed by atoms with van der Waals surface area (Å²) in [4.78, 5) is 11.3. The van der Waals surface area contributed by atoms with Crippen LogP contribution in [0, 0.1) is 0 Å². The second-order valence-electron chi connectivity index (χ2n) is 8.36. The first-order valence-corrected chi connectivity index (χ1v) is 16.0. The molecule has 0 saturated carbocycles. The number of carbonyl (C=O) groups is 1. The molecular weight excluding hydrogens is 479 g/mol. The van der Waals surface area contributed by atoms with Gasteiger partial charge in [-0.2, -0.15) is 0 Å². The van der Waals surface area contributed by atoms with E-state index in [-0.39, 0.29) is 5.97 Å². The van der Waals surface area contributed by atoms with Crippen LogP contribution in [0.4, 0.5) is 0 Å². The molecule has 170 valence electrons. The van der Waals surface area contributed by atoms with Crippen molar-refractivity contribution < 1.29 is 9.53 Å². The van der Waals surface area contributed by atoms with Gasteiger partial charge in [-0.15, -0.1) is 0 Å². The Morgan fingerprint density at radius 2 is 1.03 bits per heavy atom. The summed E-state index contributed by atoms with van der Waals surface area (Å²) in [6.07, 6.45) is 8.32. The second kappa shape index (κ2) is 11.8. The third-order valence-corrected chi connectivity index (χ3v) is 16.4. The maximum absolute atomic E-state index is 11.3. The van der Waals surface area contributed by atoms with Gasteiger partial charge in [-0.3, -0.25) is 0 Å². The van der Waals surface area contributed by atoms with Crippen LogP contribution in [-0.4, -0.2) is 19.2 Å². The summed E-state index contributed by atoms with van der Waals surface area (Å²) >= 11 is 4.51. The van der Waals surface area contributed by atoms with Crippen LogP contribution in [0.25, 0.3) is 0 Å². The predicted octanol–water partition coefficient (Wildman–Crippen LogP) is 6.73. The van der Waals surface area contributed by atoms with Crippen LogP contribution < -0.4 is 15.9 Å². The molecule has 0 radical (unpaired) electrons. The van der Waals surface area contributed by atoms with Crippen molar-refractivity contribution in [2.24, 2.45) is 0 Å². The summed E-state index contributed by atoms with van der Waals surface area (Å²) < 4.78 is 4.73. The number of benzene rings is 3. The van der Waals surface area contributed by atoms with Gasteiger partial charge < -0.3 is 0 Å². The van der Waals surface area contributed by atoms with Gasteiger partial charge in [0.1, 0.15) is 0 Å². The number of esters is 1. The molecule has 0 atom stereocenters. The third-order valence-electron chi connectivity index (χ3n) is 6.32. The standard InChI is InChI=1S/C28H34BrO2P/c1-31-28(30)23-15-4-2-3-5-16-24-32(29,25-17-9-6-10-18-25,26-19-11-7-12-20-26)27-21-13-8-14-22-27/h6-14,17-22H,2-5,15-16,23-24H2,1H3. The van der Waals surface area contributed by atoms with Crippen LogP contribution in [0.1, 0.15) is 44.9 Å².